The van der Waals surface area contributed by atoms with E-state index in [4.69, 9.17) is 9.84 Å². The van der Waals surface area contributed by atoms with Gasteiger partial charge in [-0.15, -0.1) is 0 Å². The van der Waals surface area contributed by atoms with Crippen LogP contribution >= 0.6 is 0 Å². The van der Waals surface area contributed by atoms with E-state index < -0.39 is 0 Å². The van der Waals surface area contributed by atoms with Crippen molar-refractivity contribution >= 4 is 0 Å². The number of aromatic nitrogens is 2. The molecule has 0 fully saturated rings. The first kappa shape index (κ1) is 11.7. The van der Waals surface area contributed by atoms with Crippen LogP contribution in [0.25, 0.3) is 0 Å². The van der Waals surface area contributed by atoms with Crippen LogP contribution in [-0.4, -0.2) is 14.9 Å². The molecule has 0 aliphatic carbocycles. The van der Waals surface area contributed by atoms with Gasteiger partial charge < -0.3 is 9.84 Å². The van der Waals surface area contributed by atoms with Gasteiger partial charge in [-0.05, 0) is 30.7 Å². The van der Waals surface area contributed by atoms with Crippen LogP contribution in [-0.2, 0) is 20.3 Å². The van der Waals surface area contributed by atoms with Gasteiger partial charge in [-0.1, -0.05) is 12.1 Å². The summed E-state index contributed by atoms with van der Waals surface area (Å²) in [5, 5.41) is 13.3. The van der Waals surface area contributed by atoms with E-state index in [0.717, 1.165) is 22.7 Å². The molecule has 1 heterocycles. The Morgan fingerprint density at radius 1 is 1.35 bits per heavy atom. The smallest absolute Gasteiger partial charge is 0.130 e. The molecule has 4 heteroatoms. The standard InChI is InChI=1S/C13H16N2O2/c1-10-6-12(15(2)14-10)9-17-13-5-3-4-11(7-13)8-16/h3-7,16H,8-9H2,1-2H3. The van der Waals surface area contributed by atoms with E-state index in [1.165, 1.54) is 0 Å². The molecule has 2 aromatic rings. The Morgan fingerprint density at radius 3 is 2.82 bits per heavy atom. The fourth-order valence-corrected chi connectivity index (χ4v) is 1.69. The summed E-state index contributed by atoms with van der Waals surface area (Å²) in [7, 11) is 1.90. The van der Waals surface area contributed by atoms with Crippen molar-refractivity contribution in [1.82, 2.24) is 9.78 Å². The van der Waals surface area contributed by atoms with E-state index >= 15 is 0 Å². The highest BCUT2D eigenvalue weighted by Gasteiger charge is 2.03. The molecular weight excluding hydrogens is 216 g/mol. The van der Waals surface area contributed by atoms with Crippen LogP contribution in [0.1, 0.15) is 17.0 Å². The van der Waals surface area contributed by atoms with Gasteiger partial charge in [0.25, 0.3) is 0 Å². The van der Waals surface area contributed by atoms with Crippen molar-refractivity contribution in [2.75, 3.05) is 0 Å². The Balaban J connectivity index is 2.04. The quantitative estimate of drug-likeness (QED) is 0.874. The highest BCUT2D eigenvalue weighted by atomic mass is 16.5. The Bertz CT molecular complexity index is 506. The maximum absolute atomic E-state index is 9.03. The molecule has 0 spiro atoms. The molecule has 0 radical (unpaired) electrons. The van der Waals surface area contributed by atoms with E-state index in [0.29, 0.717) is 6.61 Å². The number of aliphatic hydroxyl groups is 1. The zero-order valence-electron chi connectivity index (χ0n) is 10.1. The van der Waals surface area contributed by atoms with Crippen LogP contribution in [0.15, 0.2) is 30.3 Å². The number of ether oxygens (including phenoxy) is 1. The highest BCUT2D eigenvalue weighted by Crippen LogP contribution is 2.15. The minimum atomic E-state index is 0.0298. The molecule has 4 nitrogen and oxygen atoms in total. The van der Waals surface area contributed by atoms with Gasteiger partial charge >= 0.3 is 0 Å². The van der Waals surface area contributed by atoms with Gasteiger partial charge in [0.05, 0.1) is 18.0 Å². The SMILES string of the molecule is Cc1cc(COc2cccc(CO)c2)n(C)n1. The summed E-state index contributed by atoms with van der Waals surface area (Å²) < 4.78 is 7.47. The third kappa shape index (κ3) is 2.85. The first-order valence-electron chi connectivity index (χ1n) is 5.51. The summed E-state index contributed by atoms with van der Waals surface area (Å²) in [6.45, 7) is 2.46. The van der Waals surface area contributed by atoms with Crippen molar-refractivity contribution in [3.63, 3.8) is 0 Å². The minimum absolute atomic E-state index is 0.0298. The molecular formula is C13H16N2O2. The Kier molecular flexibility index (Phi) is 3.44. The van der Waals surface area contributed by atoms with Crippen LogP contribution in [0.5, 0.6) is 5.75 Å². The van der Waals surface area contributed by atoms with Crippen molar-refractivity contribution in [2.24, 2.45) is 7.05 Å². The topological polar surface area (TPSA) is 47.3 Å². The van der Waals surface area contributed by atoms with Gasteiger partial charge in [-0.25, -0.2) is 0 Å². The summed E-state index contributed by atoms with van der Waals surface area (Å²) in [5.74, 6) is 0.760. The van der Waals surface area contributed by atoms with Crippen molar-refractivity contribution in [3.8, 4) is 5.75 Å². The summed E-state index contributed by atoms with van der Waals surface area (Å²) >= 11 is 0. The van der Waals surface area contributed by atoms with Crippen LogP contribution in [0.4, 0.5) is 0 Å². The molecule has 0 aliphatic heterocycles. The third-order valence-electron chi connectivity index (χ3n) is 2.57. The zero-order valence-corrected chi connectivity index (χ0v) is 10.1. The van der Waals surface area contributed by atoms with Crippen molar-refractivity contribution in [2.45, 2.75) is 20.1 Å². The molecule has 0 aliphatic rings. The molecule has 0 atom stereocenters. The van der Waals surface area contributed by atoms with Gasteiger partial charge in [0.15, 0.2) is 0 Å². The first-order chi connectivity index (χ1) is 8.19. The molecule has 17 heavy (non-hydrogen) atoms. The van der Waals surface area contributed by atoms with Gasteiger partial charge in [-0.3, -0.25) is 4.68 Å². The summed E-state index contributed by atoms with van der Waals surface area (Å²) in [6.07, 6.45) is 0. The van der Waals surface area contributed by atoms with E-state index in [9.17, 15) is 0 Å². The summed E-state index contributed by atoms with van der Waals surface area (Å²) in [6, 6.07) is 9.44. The predicted molar refractivity (Wildman–Crippen MR) is 64.6 cm³/mol. The van der Waals surface area contributed by atoms with Gasteiger partial charge in [0, 0.05) is 7.05 Å². The first-order valence-corrected chi connectivity index (χ1v) is 5.51. The second kappa shape index (κ2) is 5.01. The summed E-state index contributed by atoms with van der Waals surface area (Å²) in [5.41, 5.74) is 2.86. The second-order valence-electron chi connectivity index (χ2n) is 3.99. The third-order valence-corrected chi connectivity index (χ3v) is 2.57. The molecule has 0 unspecified atom stereocenters. The fourth-order valence-electron chi connectivity index (χ4n) is 1.69. The molecule has 0 saturated heterocycles. The van der Waals surface area contributed by atoms with Crippen molar-refractivity contribution < 1.29 is 9.84 Å². The molecule has 0 saturated carbocycles. The van der Waals surface area contributed by atoms with Crippen molar-refractivity contribution in [1.29, 1.82) is 0 Å². The second-order valence-corrected chi connectivity index (χ2v) is 3.99. The zero-order chi connectivity index (χ0) is 12.3. The van der Waals surface area contributed by atoms with E-state index in [-0.39, 0.29) is 6.61 Å². The maximum Gasteiger partial charge on any atom is 0.130 e. The molecule has 1 aromatic carbocycles. The van der Waals surface area contributed by atoms with Crippen LogP contribution < -0.4 is 4.74 Å². The monoisotopic (exact) mass is 232 g/mol. The highest BCUT2D eigenvalue weighted by molar-refractivity contribution is 5.28. The number of rotatable bonds is 4. The lowest BCUT2D eigenvalue weighted by molar-refractivity contribution is 0.276. The number of aryl methyl sites for hydroxylation is 2. The summed E-state index contributed by atoms with van der Waals surface area (Å²) in [4.78, 5) is 0. The van der Waals surface area contributed by atoms with E-state index in [2.05, 4.69) is 5.10 Å². The average Bonchev–Trinajstić information content (AvgIpc) is 2.65. The normalized spacial score (nSPS) is 10.5. The largest absolute Gasteiger partial charge is 0.487 e. The molecule has 1 N–H and O–H groups in total. The van der Waals surface area contributed by atoms with Gasteiger partial charge in [0.1, 0.15) is 12.4 Å². The average molecular weight is 232 g/mol. The lowest BCUT2D eigenvalue weighted by Gasteiger charge is -2.07. The molecule has 2 rings (SSSR count). The number of hydrogen-bond donors (Lipinski definition) is 1. The lowest BCUT2D eigenvalue weighted by atomic mass is 10.2. The number of aliphatic hydroxyl groups excluding tert-OH is 1. The Morgan fingerprint density at radius 2 is 2.18 bits per heavy atom. The van der Waals surface area contributed by atoms with Crippen LogP contribution in [0.3, 0.4) is 0 Å². The number of hydrogen-bond acceptors (Lipinski definition) is 3. The van der Waals surface area contributed by atoms with E-state index in [1.54, 1.807) is 0 Å². The number of benzene rings is 1. The van der Waals surface area contributed by atoms with Gasteiger partial charge in [-0.2, -0.15) is 5.10 Å². The van der Waals surface area contributed by atoms with Crippen LogP contribution in [0, 0.1) is 6.92 Å². The fraction of sp³-hybridized carbons (Fsp3) is 0.308. The minimum Gasteiger partial charge on any atom is -0.487 e. The van der Waals surface area contributed by atoms with E-state index in [1.807, 2.05) is 49.0 Å². The predicted octanol–water partition coefficient (Wildman–Crippen LogP) is 1.80. The van der Waals surface area contributed by atoms with Crippen LogP contribution in [0.2, 0.25) is 0 Å². The van der Waals surface area contributed by atoms with Gasteiger partial charge in [0.2, 0.25) is 0 Å². The Labute approximate surface area is 100 Å². The molecule has 0 bridgehead atoms. The number of nitrogens with zero attached hydrogens (tertiary/aromatic N) is 2. The molecule has 90 valence electrons. The maximum atomic E-state index is 9.03. The molecule has 1 aromatic heterocycles. The van der Waals surface area contributed by atoms with Crippen molar-refractivity contribution in [3.05, 3.63) is 47.3 Å². The lowest BCUT2D eigenvalue weighted by Crippen LogP contribution is -2.03. The Hall–Kier alpha value is -1.81. The molecule has 0 amide bonds.